The molecule has 0 aliphatic heterocycles. The van der Waals surface area contributed by atoms with Gasteiger partial charge in [-0.05, 0) is 42.2 Å². The zero-order chi connectivity index (χ0) is 16.0. The van der Waals surface area contributed by atoms with Crippen molar-refractivity contribution in [2.45, 2.75) is 18.4 Å². The standard InChI is InChI=1S/C17H15N3O3/c18-17(8-10-3-1-2-4-11(10)9-17)15(21)19-12-5-6-14-13(7-12)20-16(22)23-14/h1-7H,8-9,18H2,(H,19,21)(H,20,22). The lowest BCUT2D eigenvalue weighted by Gasteiger charge is -2.22. The van der Waals surface area contributed by atoms with Crippen LogP contribution in [-0.4, -0.2) is 16.4 Å². The van der Waals surface area contributed by atoms with Crippen LogP contribution >= 0.6 is 0 Å². The van der Waals surface area contributed by atoms with Crippen molar-refractivity contribution in [3.63, 3.8) is 0 Å². The van der Waals surface area contributed by atoms with Crippen LogP contribution in [0, 0.1) is 0 Å². The maximum atomic E-state index is 12.6. The van der Waals surface area contributed by atoms with Gasteiger partial charge >= 0.3 is 5.76 Å². The second kappa shape index (κ2) is 4.82. The van der Waals surface area contributed by atoms with E-state index in [2.05, 4.69) is 10.3 Å². The fraction of sp³-hybridized carbons (Fsp3) is 0.176. The molecule has 1 aliphatic carbocycles. The highest BCUT2D eigenvalue weighted by Gasteiger charge is 2.40. The first-order chi connectivity index (χ1) is 11.0. The maximum Gasteiger partial charge on any atom is 0.417 e. The van der Waals surface area contributed by atoms with E-state index >= 15 is 0 Å². The molecule has 0 fully saturated rings. The lowest BCUT2D eigenvalue weighted by molar-refractivity contribution is -0.120. The van der Waals surface area contributed by atoms with Crippen molar-refractivity contribution < 1.29 is 9.21 Å². The highest BCUT2D eigenvalue weighted by Crippen LogP contribution is 2.29. The van der Waals surface area contributed by atoms with Crippen molar-refractivity contribution in [2.75, 3.05) is 5.32 Å². The molecular weight excluding hydrogens is 294 g/mol. The van der Waals surface area contributed by atoms with Crippen LogP contribution in [0.2, 0.25) is 0 Å². The summed E-state index contributed by atoms with van der Waals surface area (Å²) in [5.41, 5.74) is 9.15. The van der Waals surface area contributed by atoms with Gasteiger partial charge in [0.15, 0.2) is 5.58 Å². The Morgan fingerprint density at radius 3 is 2.57 bits per heavy atom. The Bertz CT molecular complexity index is 945. The minimum atomic E-state index is -0.956. The fourth-order valence-corrected chi connectivity index (χ4v) is 3.09. The number of hydrogen-bond acceptors (Lipinski definition) is 4. The zero-order valence-electron chi connectivity index (χ0n) is 12.3. The molecule has 1 heterocycles. The lowest BCUT2D eigenvalue weighted by Crippen LogP contribution is -2.52. The summed E-state index contributed by atoms with van der Waals surface area (Å²) in [5, 5.41) is 2.83. The first-order valence-corrected chi connectivity index (χ1v) is 7.33. The molecule has 0 spiro atoms. The van der Waals surface area contributed by atoms with E-state index in [1.54, 1.807) is 18.2 Å². The first kappa shape index (κ1) is 13.8. The fourth-order valence-electron chi connectivity index (χ4n) is 3.09. The number of nitrogens with two attached hydrogens (primary N) is 1. The molecule has 4 rings (SSSR count). The summed E-state index contributed by atoms with van der Waals surface area (Å²) < 4.78 is 4.94. The van der Waals surface area contributed by atoms with Crippen LogP contribution in [0.25, 0.3) is 11.1 Å². The summed E-state index contributed by atoms with van der Waals surface area (Å²) in [6.45, 7) is 0. The van der Waals surface area contributed by atoms with E-state index in [-0.39, 0.29) is 5.91 Å². The van der Waals surface area contributed by atoms with E-state index in [9.17, 15) is 9.59 Å². The smallest absolute Gasteiger partial charge is 0.408 e. The van der Waals surface area contributed by atoms with E-state index in [0.717, 1.165) is 11.1 Å². The molecule has 2 aromatic carbocycles. The summed E-state index contributed by atoms with van der Waals surface area (Å²) in [6.07, 6.45) is 1.03. The third-order valence-corrected chi connectivity index (χ3v) is 4.26. The number of rotatable bonds is 2. The molecular formula is C17H15N3O3. The molecule has 116 valence electrons. The van der Waals surface area contributed by atoms with Crippen molar-refractivity contribution in [1.82, 2.24) is 4.98 Å². The van der Waals surface area contributed by atoms with Gasteiger partial charge in [-0.15, -0.1) is 0 Å². The Hall–Kier alpha value is -2.86. The SMILES string of the molecule is NC1(C(=O)Nc2ccc3oc(=O)[nH]c3c2)Cc2ccccc2C1. The van der Waals surface area contributed by atoms with Gasteiger partial charge in [0.05, 0.1) is 5.52 Å². The zero-order valence-corrected chi connectivity index (χ0v) is 12.3. The number of oxazole rings is 1. The van der Waals surface area contributed by atoms with E-state index in [4.69, 9.17) is 10.2 Å². The van der Waals surface area contributed by atoms with Gasteiger partial charge in [-0.3, -0.25) is 9.78 Å². The van der Waals surface area contributed by atoms with Crippen LogP contribution in [-0.2, 0) is 17.6 Å². The van der Waals surface area contributed by atoms with Crippen molar-refractivity contribution in [2.24, 2.45) is 5.73 Å². The predicted octanol–water partition coefficient (Wildman–Crippen LogP) is 1.56. The average molecular weight is 309 g/mol. The van der Waals surface area contributed by atoms with E-state index in [0.29, 0.717) is 29.6 Å². The molecule has 3 aromatic rings. The molecule has 4 N–H and O–H groups in total. The number of hydrogen-bond donors (Lipinski definition) is 3. The number of carbonyl (C=O) groups is 1. The molecule has 6 heteroatoms. The first-order valence-electron chi connectivity index (χ1n) is 7.33. The van der Waals surface area contributed by atoms with Gasteiger partial charge in [0, 0.05) is 5.69 Å². The van der Waals surface area contributed by atoms with E-state index in [1.807, 2.05) is 24.3 Å². The van der Waals surface area contributed by atoms with Gasteiger partial charge in [-0.25, -0.2) is 4.79 Å². The highest BCUT2D eigenvalue weighted by atomic mass is 16.4. The van der Waals surface area contributed by atoms with Crippen LogP contribution in [0.5, 0.6) is 0 Å². The van der Waals surface area contributed by atoms with Gasteiger partial charge in [0.1, 0.15) is 5.54 Å². The third kappa shape index (κ3) is 2.33. The predicted molar refractivity (Wildman–Crippen MR) is 86.2 cm³/mol. The molecule has 1 amide bonds. The van der Waals surface area contributed by atoms with Gasteiger partial charge in [-0.2, -0.15) is 0 Å². The van der Waals surface area contributed by atoms with Gasteiger partial charge in [0.25, 0.3) is 0 Å². The van der Waals surface area contributed by atoms with Gasteiger partial charge in [0.2, 0.25) is 5.91 Å². The number of aromatic amines is 1. The lowest BCUT2D eigenvalue weighted by atomic mass is 9.96. The second-order valence-electron chi connectivity index (χ2n) is 5.96. The Kier molecular flexibility index (Phi) is 2.89. The summed E-state index contributed by atoms with van der Waals surface area (Å²) in [4.78, 5) is 26.4. The highest BCUT2D eigenvalue weighted by molar-refractivity contribution is 6.00. The summed E-state index contributed by atoms with van der Waals surface area (Å²) in [5.74, 6) is -0.760. The summed E-state index contributed by atoms with van der Waals surface area (Å²) in [6, 6.07) is 12.9. The molecule has 0 bridgehead atoms. The minimum Gasteiger partial charge on any atom is -0.408 e. The molecule has 0 atom stereocenters. The molecule has 0 unspecified atom stereocenters. The summed E-state index contributed by atoms with van der Waals surface area (Å²) >= 11 is 0. The Morgan fingerprint density at radius 1 is 1.17 bits per heavy atom. The van der Waals surface area contributed by atoms with Crippen LogP contribution in [0.4, 0.5) is 5.69 Å². The van der Waals surface area contributed by atoms with Crippen LogP contribution in [0.1, 0.15) is 11.1 Å². The van der Waals surface area contributed by atoms with Crippen LogP contribution in [0.3, 0.4) is 0 Å². The minimum absolute atomic E-state index is 0.237. The molecule has 0 saturated carbocycles. The number of benzene rings is 2. The van der Waals surface area contributed by atoms with E-state index in [1.165, 1.54) is 0 Å². The van der Waals surface area contributed by atoms with Crippen LogP contribution < -0.4 is 16.8 Å². The molecule has 0 saturated heterocycles. The van der Waals surface area contributed by atoms with Crippen molar-refractivity contribution in [1.29, 1.82) is 0 Å². The number of aromatic nitrogens is 1. The quantitative estimate of drug-likeness (QED) is 0.668. The van der Waals surface area contributed by atoms with Crippen molar-refractivity contribution >= 4 is 22.7 Å². The number of carbonyl (C=O) groups excluding carboxylic acids is 1. The monoisotopic (exact) mass is 309 g/mol. The molecule has 1 aromatic heterocycles. The Morgan fingerprint density at radius 2 is 1.87 bits per heavy atom. The molecule has 23 heavy (non-hydrogen) atoms. The molecule has 1 aliphatic rings. The topological polar surface area (TPSA) is 101 Å². The third-order valence-electron chi connectivity index (χ3n) is 4.26. The molecule has 6 nitrogen and oxygen atoms in total. The number of anilines is 1. The average Bonchev–Trinajstić information content (AvgIpc) is 3.05. The van der Waals surface area contributed by atoms with Crippen molar-refractivity contribution in [3.8, 4) is 0 Å². The van der Waals surface area contributed by atoms with Crippen molar-refractivity contribution in [3.05, 3.63) is 64.1 Å². The number of amides is 1. The number of nitrogens with one attached hydrogen (secondary N) is 2. The van der Waals surface area contributed by atoms with E-state index < -0.39 is 11.3 Å². The number of H-pyrrole nitrogens is 1. The van der Waals surface area contributed by atoms with Gasteiger partial charge < -0.3 is 15.5 Å². The van der Waals surface area contributed by atoms with Crippen LogP contribution in [0.15, 0.2) is 51.7 Å². The molecule has 0 radical (unpaired) electrons. The Labute approximate surface area is 131 Å². The Balaban J connectivity index is 1.58. The maximum absolute atomic E-state index is 12.6. The largest absolute Gasteiger partial charge is 0.417 e. The summed E-state index contributed by atoms with van der Waals surface area (Å²) in [7, 11) is 0. The number of fused-ring (bicyclic) bond motifs is 2. The normalized spacial score (nSPS) is 15.5. The second-order valence-corrected chi connectivity index (χ2v) is 5.96. The van der Waals surface area contributed by atoms with Gasteiger partial charge in [-0.1, -0.05) is 24.3 Å².